The second kappa shape index (κ2) is 7.79. The number of nitrogens with one attached hydrogen (secondary N) is 1. The van der Waals surface area contributed by atoms with Crippen LogP contribution < -0.4 is 5.32 Å². The van der Waals surface area contributed by atoms with Crippen LogP contribution in [-0.4, -0.2) is 19.8 Å². The van der Waals surface area contributed by atoms with Crippen molar-refractivity contribution in [2.24, 2.45) is 0 Å². The van der Waals surface area contributed by atoms with Gasteiger partial charge in [-0.15, -0.1) is 11.3 Å². The van der Waals surface area contributed by atoms with Crippen LogP contribution >= 0.6 is 43.2 Å². The van der Waals surface area contributed by atoms with E-state index in [1.54, 1.807) is 11.3 Å². The van der Waals surface area contributed by atoms with Crippen LogP contribution in [0, 0.1) is 0 Å². The van der Waals surface area contributed by atoms with Gasteiger partial charge in [-0.1, -0.05) is 0 Å². The number of rotatable bonds is 7. The largest absolute Gasteiger partial charge is 0.382 e. The summed E-state index contributed by atoms with van der Waals surface area (Å²) in [5.74, 6) is 0. The van der Waals surface area contributed by atoms with Crippen molar-refractivity contribution >= 4 is 43.2 Å². The molecular formula is C10H15Br2NOS. The van der Waals surface area contributed by atoms with Gasteiger partial charge in [0.1, 0.15) is 0 Å². The summed E-state index contributed by atoms with van der Waals surface area (Å²) >= 11 is 8.72. The minimum atomic E-state index is 0.810. The van der Waals surface area contributed by atoms with Gasteiger partial charge in [-0.2, -0.15) is 0 Å². The SMILES string of the molecule is CCOCCCNCc1cc(Br)c(Br)s1. The molecule has 15 heavy (non-hydrogen) atoms. The van der Waals surface area contributed by atoms with E-state index < -0.39 is 0 Å². The fraction of sp³-hybridized carbons (Fsp3) is 0.600. The Hall–Kier alpha value is 0.580. The van der Waals surface area contributed by atoms with E-state index in [1.165, 1.54) is 4.88 Å². The van der Waals surface area contributed by atoms with E-state index in [2.05, 4.69) is 43.2 Å². The van der Waals surface area contributed by atoms with Crippen LogP contribution in [0.3, 0.4) is 0 Å². The lowest BCUT2D eigenvalue weighted by Gasteiger charge is -2.02. The van der Waals surface area contributed by atoms with Crippen LogP contribution in [0.1, 0.15) is 18.2 Å². The lowest BCUT2D eigenvalue weighted by atomic mass is 10.4. The molecule has 0 atom stereocenters. The third kappa shape index (κ3) is 5.45. The molecule has 0 aliphatic carbocycles. The van der Waals surface area contributed by atoms with Gasteiger partial charge in [-0.3, -0.25) is 0 Å². The quantitative estimate of drug-likeness (QED) is 0.750. The van der Waals surface area contributed by atoms with Crippen LogP contribution in [0.5, 0.6) is 0 Å². The van der Waals surface area contributed by atoms with Crippen LogP contribution in [-0.2, 0) is 11.3 Å². The maximum atomic E-state index is 5.26. The number of ether oxygens (including phenoxy) is 1. The van der Waals surface area contributed by atoms with Crippen LogP contribution in [0.15, 0.2) is 14.3 Å². The van der Waals surface area contributed by atoms with E-state index in [0.717, 1.165) is 41.0 Å². The Kier molecular flexibility index (Phi) is 7.08. The summed E-state index contributed by atoms with van der Waals surface area (Å²) in [6.07, 6.45) is 1.07. The molecule has 86 valence electrons. The Morgan fingerprint density at radius 3 is 2.87 bits per heavy atom. The van der Waals surface area contributed by atoms with Gasteiger partial charge in [0.15, 0.2) is 0 Å². The number of halogens is 2. The highest BCUT2D eigenvalue weighted by Crippen LogP contribution is 2.32. The van der Waals surface area contributed by atoms with E-state index in [4.69, 9.17) is 4.74 Å². The van der Waals surface area contributed by atoms with Gasteiger partial charge in [-0.25, -0.2) is 0 Å². The summed E-state index contributed by atoms with van der Waals surface area (Å²) in [5, 5.41) is 3.39. The van der Waals surface area contributed by atoms with E-state index in [-0.39, 0.29) is 0 Å². The summed E-state index contributed by atoms with van der Waals surface area (Å²) < 4.78 is 7.55. The number of thiophene rings is 1. The first kappa shape index (κ1) is 13.6. The predicted molar refractivity (Wildman–Crippen MR) is 72.5 cm³/mol. The molecule has 0 bridgehead atoms. The lowest BCUT2D eigenvalue weighted by Crippen LogP contribution is -2.15. The van der Waals surface area contributed by atoms with E-state index in [1.807, 2.05) is 6.92 Å². The maximum Gasteiger partial charge on any atom is 0.0843 e. The molecule has 0 aliphatic rings. The molecule has 0 aliphatic heterocycles. The van der Waals surface area contributed by atoms with Crippen LogP contribution in [0.2, 0.25) is 0 Å². The standard InChI is InChI=1S/C10H15Br2NOS/c1-2-14-5-3-4-13-7-8-6-9(11)10(12)15-8/h6,13H,2-5,7H2,1H3. The molecule has 0 spiro atoms. The molecule has 0 radical (unpaired) electrons. The predicted octanol–water partition coefficient (Wildman–Crippen LogP) is 3.79. The Morgan fingerprint density at radius 1 is 1.47 bits per heavy atom. The molecule has 0 amide bonds. The summed E-state index contributed by atoms with van der Waals surface area (Å²) in [5.41, 5.74) is 0. The Bertz CT molecular complexity index is 271. The zero-order valence-corrected chi connectivity index (χ0v) is 12.7. The molecule has 2 nitrogen and oxygen atoms in total. The summed E-state index contributed by atoms with van der Waals surface area (Å²) in [6, 6.07) is 2.14. The molecular weight excluding hydrogens is 342 g/mol. The van der Waals surface area contributed by atoms with E-state index in [9.17, 15) is 0 Å². The molecule has 0 fully saturated rings. The van der Waals surface area contributed by atoms with E-state index in [0.29, 0.717) is 0 Å². The van der Waals surface area contributed by atoms with Gasteiger partial charge >= 0.3 is 0 Å². The van der Waals surface area contributed by atoms with Crippen molar-refractivity contribution in [1.82, 2.24) is 5.32 Å². The van der Waals surface area contributed by atoms with Crippen molar-refractivity contribution in [3.8, 4) is 0 Å². The molecule has 0 aromatic carbocycles. The van der Waals surface area contributed by atoms with Gasteiger partial charge in [0.25, 0.3) is 0 Å². The minimum Gasteiger partial charge on any atom is -0.382 e. The van der Waals surface area contributed by atoms with E-state index >= 15 is 0 Å². The molecule has 1 heterocycles. The molecule has 0 saturated carbocycles. The minimum absolute atomic E-state index is 0.810. The van der Waals surface area contributed by atoms with Crippen molar-refractivity contribution in [1.29, 1.82) is 0 Å². The first-order valence-electron chi connectivity index (χ1n) is 4.96. The zero-order chi connectivity index (χ0) is 11.1. The Balaban J connectivity index is 2.10. The maximum absolute atomic E-state index is 5.26. The van der Waals surface area contributed by atoms with Crippen molar-refractivity contribution in [3.05, 3.63) is 19.2 Å². The first-order valence-corrected chi connectivity index (χ1v) is 7.36. The smallest absolute Gasteiger partial charge is 0.0843 e. The molecule has 0 saturated heterocycles. The summed E-state index contributed by atoms with van der Waals surface area (Å²) in [7, 11) is 0. The van der Waals surface area contributed by atoms with Crippen LogP contribution in [0.4, 0.5) is 0 Å². The van der Waals surface area contributed by atoms with Crippen molar-refractivity contribution in [2.45, 2.75) is 19.9 Å². The van der Waals surface area contributed by atoms with Gasteiger partial charge in [0, 0.05) is 29.1 Å². The van der Waals surface area contributed by atoms with Crippen molar-refractivity contribution < 1.29 is 4.74 Å². The summed E-state index contributed by atoms with van der Waals surface area (Å²) in [4.78, 5) is 1.34. The second-order valence-corrected chi connectivity index (χ2v) is 6.37. The Labute approximate surface area is 112 Å². The molecule has 1 aromatic heterocycles. The summed E-state index contributed by atoms with van der Waals surface area (Å²) in [6.45, 7) is 5.62. The zero-order valence-electron chi connectivity index (χ0n) is 8.69. The fourth-order valence-corrected chi connectivity index (χ4v) is 3.28. The highest BCUT2D eigenvalue weighted by atomic mass is 79.9. The van der Waals surface area contributed by atoms with Gasteiger partial charge < -0.3 is 10.1 Å². The van der Waals surface area contributed by atoms with Crippen LogP contribution in [0.25, 0.3) is 0 Å². The third-order valence-corrected chi connectivity index (χ3v) is 5.10. The lowest BCUT2D eigenvalue weighted by molar-refractivity contribution is 0.144. The monoisotopic (exact) mass is 355 g/mol. The van der Waals surface area contributed by atoms with Crippen molar-refractivity contribution in [2.75, 3.05) is 19.8 Å². The number of hydrogen-bond acceptors (Lipinski definition) is 3. The normalized spacial score (nSPS) is 10.9. The van der Waals surface area contributed by atoms with Gasteiger partial charge in [0.05, 0.1) is 3.79 Å². The third-order valence-electron chi connectivity index (χ3n) is 1.84. The van der Waals surface area contributed by atoms with Gasteiger partial charge in [0.2, 0.25) is 0 Å². The van der Waals surface area contributed by atoms with Crippen molar-refractivity contribution in [3.63, 3.8) is 0 Å². The highest BCUT2D eigenvalue weighted by Gasteiger charge is 2.02. The molecule has 1 N–H and O–H groups in total. The average molecular weight is 357 g/mol. The highest BCUT2D eigenvalue weighted by molar-refractivity contribution is 9.13. The second-order valence-electron chi connectivity index (χ2n) is 3.06. The first-order chi connectivity index (χ1) is 7.24. The topological polar surface area (TPSA) is 21.3 Å². The Morgan fingerprint density at radius 2 is 2.27 bits per heavy atom. The average Bonchev–Trinajstić information content (AvgIpc) is 2.52. The molecule has 1 aromatic rings. The van der Waals surface area contributed by atoms with Gasteiger partial charge in [-0.05, 0) is 57.8 Å². The molecule has 1 rings (SSSR count). The molecule has 5 heteroatoms. The molecule has 0 unspecified atom stereocenters. The number of hydrogen-bond donors (Lipinski definition) is 1. The fourth-order valence-electron chi connectivity index (χ4n) is 1.13.